The lowest BCUT2D eigenvalue weighted by Crippen LogP contribution is -2.37. The molecule has 106 valence electrons. The maximum atomic E-state index is 11.8. The maximum Gasteiger partial charge on any atom is 0.260 e. The second kappa shape index (κ2) is 7.39. The predicted octanol–water partition coefficient (Wildman–Crippen LogP) is 3.58. The minimum atomic E-state index is -0.507. The van der Waals surface area contributed by atoms with Crippen LogP contribution in [0.3, 0.4) is 0 Å². The van der Waals surface area contributed by atoms with Crippen LogP contribution in [0, 0.1) is 12.8 Å². The first-order valence-electron chi connectivity index (χ1n) is 6.60. The second-order valence-corrected chi connectivity index (χ2v) is 5.58. The Balaban J connectivity index is 2.49. The Morgan fingerprint density at radius 3 is 2.63 bits per heavy atom. The van der Waals surface area contributed by atoms with Crippen LogP contribution < -0.4 is 10.1 Å². The Morgan fingerprint density at radius 2 is 2.05 bits per heavy atom. The lowest BCUT2D eigenvalue weighted by atomic mass is 10.1. The predicted molar refractivity (Wildman–Crippen MR) is 78.7 cm³/mol. The van der Waals surface area contributed by atoms with E-state index in [1.165, 1.54) is 0 Å². The summed E-state index contributed by atoms with van der Waals surface area (Å²) in [4.78, 5) is 11.8. The van der Waals surface area contributed by atoms with Crippen LogP contribution in [-0.2, 0) is 4.79 Å². The number of halogens is 1. The van der Waals surface area contributed by atoms with Crippen LogP contribution in [0.4, 0.5) is 0 Å². The fourth-order valence-corrected chi connectivity index (χ4v) is 1.84. The van der Waals surface area contributed by atoms with Gasteiger partial charge in [0.2, 0.25) is 0 Å². The highest BCUT2D eigenvalue weighted by molar-refractivity contribution is 6.30. The summed E-state index contributed by atoms with van der Waals surface area (Å²) in [5, 5.41) is 3.54. The van der Waals surface area contributed by atoms with Gasteiger partial charge in [-0.1, -0.05) is 25.4 Å². The van der Waals surface area contributed by atoms with Gasteiger partial charge in [0.25, 0.3) is 5.91 Å². The fourth-order valence-electron chi connectivity index (χ4n) is 1.62. The number of aryl methyl sites for hydroxylation is 1. The zero-order valence-corrected chi connectivity index (χ0v) is 12.8. The molecule has 0 aliphatic carbocycles. The molecule has 0 spiro atoms. The summed E-state index contributed by atoms with van der Waals surface area (Å²) >= 11 is 5.88. The molecule has 0 heterocycles. The molecule has 0 bridgehead atoms. The van der Waals surface area contributed by atoms with E-state index < -0.39 is 6.10 Å². The lowest BCUT2D eigenvalue weighted by Gasteiger charge is -2.16. The molecule has 1 atom stereocenters. The molecule has 1 rings (SSSR count). The fraction of sp³-hybridized carbons (Fsp3) is 0.533. The molecule has 0 saturated heterocycles. The molecule has 0 aliphatic heterocycles. The Hall–Kier alpha value is -1.22. The van der Waals surface area contributed by atoms with Gasteiger partial charge in [0.05, 0.1) is 0 Å². The first-order chi connectivity index (χ1) is 8.90. The Morgan fingerprint density at radius 1 is 1.37 bits per heavy atom. The molecular weight excluding hydrogens is 262 g/mol. The zero-order valence-electron chi connectivity index (χ0n) is 12.0. The van der Waals surface area contributed by atoms with E-state index in [0.717, 1.165) is 12.0 Å². The molecule has 0 saturated carbocycles. The van der Waals surface area contributed by atoms with Crippen LogP contribution in [0.1, 0.15) is 32.8 Å². The van der Waals surface area contributed by atoms with Gasteiger partial charge in [-0.2, -0.15) is 0 Å². The molecule has 19 heavy (non-hydrogen) atoms. The van der Waals surface area contributed by atoms with E-state index in [-0.39, 0.29) is 5.91 Å². The molecule has 0 aliphatic rings. The SMILES string of the molecule is Cc1cc(Cl)ccc1O[C@@H](C)C(=O)NCCC(C)C. The minimum absolute atomic E-state index is 0.0880. The number of hydrogen-bond acceptors (Lipinski definition) is 2. The topological polar surface area (TPSA) is 38.3 Å². The third-order valence-electron chi connectivity index (χ3n) is 2.83. The van der Waals surface area contributed by atoms with Gasteiger partial charge in [-0.3, -0.25) is 4.79 Å². The van der Waals surface area contributed by atoms with Crippen molar-refractivity contribution in [2.75, 3.05) is 6.54 Å². The molecular formula is C15H22ClNO2. The number of nitrogens with one attached hydrogen (secondary N) is 1. The van der Waals surface area contributed by atoms with Crippen LogP contribution in [0.2, 0.25) is 5.02 Å². The minimum Gasteiger partial charge on any atom is -0.481 e. The summed E-state index contributed by atoms with van der Waals surface area (Å²) in [6, 6.07) is 5.36. The Kier molecular flexibility index (Phi) is 6.16. The largest absolute Gasteiger partial charge is 0.481 e. The van der Waals surface area contributed by atoms with Gasteiger partial charge in [-0.15, -0.1) is 0 Å². The summed E-state index contributed by atoms with van der Waals surface area (Å²) in [6.07, 6.45) is 0.463. The van der Waals surface area contributed by atoms with Gasteiger partial charge < -0.3 is 10.1 Å². The van der Waals surface area contributed by atoms with Gasteiger partial charge >= 0.3 is 0 Å². The monoisotopic (exact) mass is 283 g/mol. The van der Waals surface area contributed by atoms with Gasteiger partial charge in [-0.25, -0.2) is 0 Å². The van der Waals surface area contributed by atoms with Crippen molar-refractivity contribution in [3.63, 3.8) is 0 Å². The van der Waals surface area contributed by atoms with Crippen LogP contribution in [0.5, 0.6) is 5.75 Å². The van der Waals surface area contributed by atoms with Gasteiger partial charge in [0.15, 0.2) is 6.10 Å². The molecule has 3 nitrogen and oxygen atoms in total. The van der Waals surface area contributed by atoms with E-state index in [4.69, 9.17) is 16.3 Å². The standard InChI is InChI=1S/C15H22ClNO2/c1-10(2)7-8-17-15(18)12(4)19-14-6-5-13(16)9-11(14)3/h5-6,9-10,12H,7-8H2,1-4H3,(H,17,18)/t12-/m0/s1. The van der Waals surface area contributed by atoms with E-state index in [1.54, 1.807) is 19.1 Å². The van der Waals surface area contributed by atoms with Gasteiger partial charge in [0, 0.05) is 11.6 Å². The van der Waals surface area contributed by atoms with Crippen molar-refractivity contribution in [2.24, 2.45) is 5.92 Å². The maximum absolute atomic E-state index is 11.8. The first kappa shape index (κ1) is 15.8. The van der Waals surface area contributed by atoms with E-state index in [9.17, 15) is 4.79 Å². The summed E-state index contributed by atoms with van der Waals surface area (Å²) < 4.78 is 5.65. The highest BCUT2D eigenvalue weighted by atomic mass is 35.5. The quantitative estimate of drug-likeness (QED) is 0.867. The average molecular weight is 284 g/mol. The van der Waals surface area contributed by atoms with Gasteiger partial charge in [0.1, 0.15) is 5.75 Å². The van der Waals surface area contributed by atoms with Crippen molar-refractivity contribution >= 4 is 17.5 Å². The highest BCUT2D eigenvalue weighted by Gasteiger charge is 2.15. The van der Waals surface area contributed by atoms with Crippen molar-refractivity contribution in [3.8, 4) is 5.75 Å². The van der Waals surface area contributed by atoms with Crippen molar-refractivity contribution in [3.05, 3.63) is 28.8 Å². The summed E-state index contributed by atoms with van der Waals surface area (Å²) in [7, 11) is 0. The van der Waals surface area contributed by atoms with E-state index in [2.05, 4.69) is 19.2 Å². The van der Waals surface area contributed by atoms with Crippen LogP contribution in [0.15, 0.2) is 18.2 Å². The molecule has 0 unspecified atom stereocenters. The molecule has 4 heteroatoms. The van der Waals surface area contributed by atoms with Crippen LogP contribution >= 0.6 is 11.6 Å². The number of rotatable bonds is 6. The molecule has 0 aromatic heterocycles. The van der Waals surface area contributed by atoms with Crippen LogP contribution in [-0.4, -0.2) is 18.6 Å². The normalized spacial score (nSPS) is 12.3. The average Bonchev–Trinajstić information content (AvgIpc) is 2.32. The van der Waals surface area contributed by atoms with Crippen molar-refractivity contribution in [1.82, 2.24) is 5.32 Å². The summed E-state index contributed by atoms with van der Waals surface area (Å²) in [6.45, 7) is 8.60. The molecule has 1 aromatic carbocycles. The van der Waals surface area contributed by atoms with Crippen molar-refractivity contribution < 1.29 is 9.53 Å². The number of carbonyl (C=O) groups excluding carboxylic acids is 1. The smallest absolute Gasteiger partial charge is 0.260 e. The third kappa shape index (κ3) is 5.52. The zero-order chi connectivity index (χ0) is 14.4. The summed E-state index contributed by atoms with van der Waals surface area (Å²) in [5.74, 6) is 1.18. The van der Waals surface area contributed by atoms with Crippen molar-refractivity contribution in [1.29, 1.82) is 0 Å². The van der Waals surface area contributed by atoms with E-state index >= 15 is 0 Å². The summed E-state index contributed by atoms with van der Waals surface area (Å²) in [5.41, 5.74) is 0.925. The number of benzene rings is 1. The molecule has 0 fully saturated rings. The van der Waals surface area contributed by atoms with Gasteiger partial charge in [-0.05, 0) is 49.9 Å². The van der Waals surface area contributed by atoms with E-state index in [0.29, 0.717) is 23.2 Å². The molecule has 1 amide bonds. The van der Waals surface area contributed by atoms with E-state index in [1.807, 2.05) is 13.0 Å². The Bertz CT molecular complexity index is 432. The number of hydrogen-bond donors (Lipinski definition) is 1. The number of amides is 1. The Labute approximate surface area is 120 Å². The third-order valence-corrected chi connectivity index (χ3v) is 3.07. The number of carbonyl (C=O) groups is 1. The van der Waals surface area contributed by atoms with Crippen LogP contribution in [0.25, 0.3) is 0 Å². The number of ether oxygens (including phenoxy) is 1. The lowest BCUT2D eigenvalue weighted by molar-refractivity contribution is -0.127. The van der Waals surface area contributed by atoms with Crippen molar-refractivity contribution in [2.45, 2.75) is 40.2 Å². The molecule has 1 N–H and O–H groups in total. The molecule has 0 radical (unpaired) electrons. The first-order valence-corrected chi connectivity index (χ1v) is 6.98. The second-order valence-electron chi connectivity index (χ2n) is 5.14. The highest BCUT2D eigenvalue weighted by Crippen LogP contribution is 2.22. The molecule has 1 aromatic rings.